The molecule has 0 spiro atoms. The Balaban J connectivity index is 0.000000331. The third kappa shape index (κ3) is 9.23. The Bertz CT molecular complexity index is 287. The molecule has 1 N–H and O–H groups in total. The van der Waals surface area contributed by atoms with Crippen molar-refractivity contribution in [3.8, 4) is 0 Å². The molecular weight excluding hydrogens is 276 g/mol. The summed E-state index contributed by atoms with van der Waals surface area (Å²) in [7, 11) is 0. The maximum absolute atomic E-state index is 9.92. The van der Waals surface area contributed by atoms with Crippen molar-refractivity contribution in [2.45, 2.75) is 45.1 Å². The van der Waals surface area contributed by atoms with Gasteiger partial charge in [0.25, 0.3) is 0 Å². The Morgan fingerprint density at radius 3 is 2.22 bits per heavy atom. The molecule has 18 heavy (non-hydrogen) atoms. The first-order valence-corrected chi connectivity index (χ1v) is 6.62. The molecule has 7 heteroatoms. The Morgan fingerprint density at radius 1 is 1.33 bits per heavy atom. The van der Waals surface area contributed by atoms with Gasteiger partial charge in [-0.1, -0.05) is 19.0 Å². The van der Waals surface area contributed by atoms with Crippen molar-refractivity contribution in [1.29, 1.82) is 0 Å². The first-order valence-electron chi connectivity index (χ1n) is 5.77. The predicted octanol–water partition coefficient (Wildman–Crippen LogP) is 2.18. The normalized spacial score (nSPS) is 15.0. The summed E-state index contributed by atoms with van der Waals surface area (Å²) in [5.41, 5.74) is 0. The average molecular weight is 294 g/mol. The van der Waals surface area contributed by atoms with Crippen LogP contribution < -0.4 is 0 Å². The maximum atomic E-state index is 9.92. The van der Waals surface area contributed by atoms with E-state index in [9.17, 15) is 9.59 Å². The minimum absolute atomic E-state index is 0.102. The number of hydrogen-bond acceptors (Lipinski definition) is 5. The molecule has 1 aliphatic rings. The minimum Gasteiger partial charge on any atom is -0.475 e. The zero-order chi connectivity index (χ0) is 14.0. The summed E-state index contributed by atoms with van der Waals surface area (Å²) < 4.78 is 9.75. The zero-order valence-electron chi connectivity index (χ0n) is 10.3. The van der Waals surface area contributed by atoms with E-state index in [0.717, 1.165) is 12.8 Å². The first kappa shape index (κ1) is 17.2. The van der Waals surface area contributed by atoms with Gasteiger partial charge in [-0.3, -0.25) is 0 Å². The Labute approximate surface area is 117 Å². The molecular formula is C11H18O5S2. The van der Waals surface area contributed by atoms with E-state index in [1.165, 1.54) is 19.3 Å². The van der Waals surface area contributed by atoms with Gasteiger partial charge in [-0.2, -0.15) is 0 Å². The van der Waals surface area contributed by atoms with Crippen LogP contribution in [0, 0.1) is 0 Å². The number of ether oxygens (including phenoxy) is 2. The van der Waals surface area contributed by atoms with Crippen LogP contribution in [0.3, 0.4) is 0 Å². The number of rotatable bonds is 2. The molecule has 0 heterocycles. The number of thiol groups is 1. The molecule has 104 valence electrons. The summed E-state index contributed by atoms with van der Waals surface area (Å²) in [4.78, 5) is 19.5. The molecule has 1 rings (SSSR count). The van der Waals surface area contributed by atoms with Crippen LogP contribution in [0.25, 0.3) is 0 Å². The van der Waals surface area contributed by atoms with Crippen LogP contribution in [-0.2, 0) is 19.1 Å². The number of carboxylic acid groups (broad SMARTS) is 1. The monoisotopic (exact) mass is 294 g/mol. The Hall–Kier alpha value is -0.820. The van der Waals surface area contributed by atoms with Gasteiger partial charge in [-0.15, -0.1) is 0 Å². The van der Waals surface area contributed by atoms with Crippen molar-refractivity contribution in [1.82, 2.24) is 0 Å². The number of hydrogen-bond donors (Lipinski definition) is 2. The number of carboxylic acids is 1. The lowest BCUT2D eigenvalue weighted by Crippen LogP contribution is -2.17. The SMILES string of the molecule is CCOC(=O)C(=O)O.S=C(S)OC1CCCCC1. The topological polar surface area (TPSA) is 72.8 Å². The van der Waals surface area contributed by atoms with E-state index < -0.39 is 11.9 Å². The second kappa shape index (κ2) is 10.1. The molecule has 1 saturated carbocycles. The number of thiocarbonyl (C=S) groups is 1. The van der Waals surface area contributed by atoms with Crippen LogP contribution in [0.15, 0.2) is 0 Å². The first-order chi connectivity index (χ1) is 8.47. The molecule has 0 amide bonds. The van der Waals surface area contributed by atoms with Crippen molar-refractivity contribution in [2.24, 2.45) is 0 Å². The van der Waals surface area contributed by atoms with Crippen molar-refractivity contribution < 1.29 is 24.2 Å². The van der Waals surface area contributed by atoms with E-state index in [2.05, 4.69) is 17.4 Å². The molecule has 0 aromatic carbocycles. The van der Waals surface area contributed by atoms with E-state index in [4.69, 9.17) is 22.1 Å². The summed E-state index contributed by atoms with van der Waals surface area (Å²) in [5.74, 6) is -2.75. The van der Waals surface area contributed by atoms with E-state index in [0.29, 0.717) is 10.5 Å². The van der Waals surface area contributed by atoms with Crippen LogP contribution in [0.1, 0.15) is 39.0 Å². The highest BCUT2D eigenvalue weighted by molar-refractivity contribution is 8.10. The van der Waals surface area contributed by atoms with Gasteiger partial charge in [0.1, 0.15) is 6.10 Å². The highest BCUT2D eigenvalue weighted by Gasteiger charge is 2.14. The third-order valence-electron chi connectivity index (χ3n) is 2.27. The minimum atomic E-state index is -1.55. The third-order valence-corrected chi connectivity index (χ3v) is 2.47. The van der Waals surface area contributed by atoms with Crippen LogP contribution in [0.4, 0.5) is 0 Å². The standard InChI is InChI=1S/C7H12OS2.C4H6O4/c9-7(10)8-6-4-2-1-3-5-6;1-2-8-4(7)3(5)6/h6H,1-5H2,(H,9,10);2H2,1H3,(H,5,6). The quantitative estimate of drug-likeness (QED) is 0.352. The van der Waals surface area contributed by atoms with Crippen LogP contribution >= 0.6 is 24.8 Å². The molecule has 0 aromatic rings. The molecule has 0 atom stereocenters. The summed E-state index contributed by atoms with van der Waals surface area (Å²) in [6, 6.07) is 0. The highest BCUT2D eigenvalue weighted by Crippen LogP contribution is 2.20. The molecule has 0 saturated heterocycles. The fraction of sp³-hybridized carbons (Fsp3) is 0.727. The van der Waals surface area contributed by atoms with Gasteiger partial charge in [-0.05, 0) is 44.8 Å². The summed E-state index contributed by atoms with van der Waals surface area (Å²) >= 11 is 8.64. The van der Waals surface area contributed by atoms with Crippen LogP contribution in [0.2, 0.25) is 0 Å². The van der Waals surface area contributed by atoms with Gasteiger partial charge in [0.05, 0.1) is 6.61 Å². The van der Waals surface area contributed by atoms with Gasteiger partial charge in [0.15, 0.2) is 0 Å². The molecule has 1 fully saturated rings. The van der Waals surface area contributed by atoms with Gasteiger partial charge in [0, 0.05) is 0 Å². The van der Waals surface area contributed by atoms with E-state index in [1.54, 1.807) is 6.92 Å². The number of esters is 1. The Kier molecular flexibility index (Phi) is 9.67. The zero-order valence-corrected chi connectivity index (χ0v) is 12.0. The summed E-state index contributed by atoms with van der Waals surface area (Å²) in [6.45, 7) is 1.64. The Morgan fingerprint density at radius 2 is 1.89 bits per heavy atom. The molecule has 5 nitrogen and oxygen atoms in total. The van der Waals surface area contributed by atoms with E-state index in [-0.39, 0.29) is 6.61 Å². The number of carbonyl (C=O) groups excluding carboxylic acids is 1. The summed E-state index contributed by atoms with van der Waals surface area (Å²) in [6.07, 6.45) is 6.57. The lowest BCUT2D eigenvalue weighted by atomic mass is 9.98. The van der Waals surface area contributed by atoms with Gasteiger partial charge < -0.3 is 14.6 Å². The van der Waals surface area contributed by atoms with Crippen molar-refractivity contribution in [3.05, 3.63) is 0 Å². The number of aliphatic carboxylic acids is 1. The lowest BCUT2D eigenvalue weighted by molar-refractivity contribution is -0.163. The second-order valence-electron chi connectivity index (χ2n) is 3.67. The van der Waals surface area contributed by atoms with Crippen LogP contribution in [-0.4, -0.2) is 34.1 Å². The van der Waals surface area contributed by atoms with E-state index >= 15 is 0 Å². The molecule has 1 aliphatic carbocycles. The average Bonchev–Trinajstić information content (AvgIpc) is 2.30. The van der Waals surface area contributed by atoms with Crippen molar-refractivity contribution in [3.63, 3.8) is 0 Å². The molecule has 0 radical (unpaired) electrons. The smallest absolute Gasteiger partial charge is 0.417 e. The second-order valence-corrected chi connectivity index (χ2v) is 4.75. The van der Waals surface area contributed by atoms with Gasteiger partial charge in [0.2, 0.25) is 4.38 Å². The molecule has 0 unspecified atom stereocenters. The molecule has 0 aliphatic heterocycles. The van der Waals surface area contributed by atoms with E-state index in [1.807, 2.05) is 0 Å². The fourth-order valence-corrected chi connectivity index (χ4v) is 1.80. The van der Waals surface area contributed by atoms with Gasteiger partial charge in [-0.25, -0.2) is 9.59 Å². The molecule has 0 bridgehead atoms. The fourth-order valence-electron chi connectivity index (χ4n) is 1.52. The summed E-state index contributed by atoms with van der Waals surface area (Å²) in [5, 5.41) is 7.84. The van der Waals surface area contributed by atoms with Crippen molar-refractivity contribution >= 4 is 41.2 Å². The number of carbonyl (C=O) groups is 2. The largest absolute Gasteiger partial charge is 0.475 e. The lowest BCUT2D eigenvalue weighted by Gasteiger charge is -2.21. The highest BCUT2D eigenvalue weighted by atomic mass is 32.1. The maximum Gasteiger partial charge on any atom is 0.417 e. The van der Waals surface area contributed by atoms with Crippen molar-refractivity contribution in [2.75, 3.05) is 6.61 Å². The van der Waals surface area contributed by atoms with Crippen LogP contribution in [0.5, 0.6) is 0 Å². The van der Waals surface area contributed by atoms with Gasteiger partial charge >= 0.3 is 11.9 Å². The predicted molar refractivity (Wildman–Crippen MR) is 73.8 cm³/mol. The molecule has 0 aromatic heterocycles.